The quantitative estimate of drug-likeness (QED) is 0.294. The van der Waals surface area contributed by atoms with Crippen molar-refractivity contribution in [2.45, 2.75) is 45.7 Å². The summed E-state index contributed by atoms with van der Waals surface area (Å²) in [6.07, 6.45) is 3.08. The molecule has 3 aromatic rings. The van der Waals surface area contributed by atoms with E-state index in [-0.39, 0.29) is 18.9 Å². The van der Waals surface area contributed by atoms with Gasteiger partial charge in [0.25, 0.3) is 0 Å². The SMILES string of the molecule is CCCCNC(=O)[C@@H](Cc1ccccc1)N(Cc1cccc(OC)c1)C(=O)CN(c1ccccc1C)S(C)(=O)=O. The van der Waals surface area contributed by atoms with E-state index in [2.05, 4.69) is 5.32 Å². The smallest absolute Gasteiger partial charge is 0.244 e. The van der Waals surface area contributed by atoms with Gasteiger partial charge in [-0.1, -0.05) is 74.0 Å². The first-order chi connectivity index (χ1) is 19.1. The van der Waals surface area contributed by atoms with Gasteiger partial charge in [-0.3, -0.25) is 13.9 Å². The highest BCUT2D eigenvalue weighted by molar-refractivity contribution is 7.92. The molecule has 9 heteroatoms. The van der Waals surface area contributed by atoms with Crippen molar-refractivity contribution in [2.75, 3.05) is 30.8 Å². The van der Waals surface area contributed by atoms with E-state index in [1.165, 1.54) is 4.90 Å². The monoisotopic (exact) mass is 565 g/mol. The van der Waals surface area contributed by atoms with Gasteiger partial charge in [0.2, 0.25) is 21.8 Å². The number of sulfonamides is 1. The number of amides is 2. The molecule has 0 fully saturated rings. The van der Waals surface area contributed by atoms with Gasteiger partial charge in [0, 0.05) is 19.5 Å². The van der Waals surface area contributed by atoms with Gasteiger partial charge in [-0.25, -0.2) is 8.42 Å². The number of benzene rings is 3. The molecule has 0 aliphatic heterocycles. The first-order valence-electron chi connectivity index (χ1n) is 13.4. The van der Waals surface area contributed by atoms with Crippen LogP contribution in [0.2, 0.25) is 0 Å². The van der Waals surface area contributed by atoms with Crippen molar-refractivity contribution in [3.8, 4) is 5.75 Å². The van der Waals surface area contributed by atoms with Crippen LogP contribution in [0.4, 0.5) is 5.69 Å². The maximum atomic E-state index is 14.1. The Kier molecular flexibility index (Phi) is 11.1. The maximum absolute atomic E-state index is 14.1. The minimum atomic E-state index is -3.81. The van der Waals surface area contributed by atoms with E-state index in [1.54, 1.807) is 38.3 Å². The van der Waals surface area contributed by atoms with Crippen LogP contribution in [-0.2, 0) is 32.6 Å². The summed E-state index contributed by atoms with van der Waals surface area (Å²) in [5.74, 6) is -0.145. The van der Waals surface area contributed by atoms with Gasteiger partial charge < -0.3 is 15.0 Å². The number of hydrogen-bond acceptors (Lipinski definition) is 5. The van der Waals surface area contributed by atoms with Crippen LogP contribution in [-0.4, -0.2) is 57.6 Å². The normalized spacial score (nSPS) is 11.9. The van der Waals surface area contributed by atoms with E-state index in [1.807, 2.05) is 61.5 Å². The highest BCUT2D eigenvalue weighted by atomic mass is 32.2. The van der Waals surface area contributed by atoms with Crippen LogP contribution < -0.4 is 14.4 Å². The summed E-state index contributed by atoms with van der Waals surface area (Å²) in [6.45, 7) is 3.98. The first-order valence-corrected chi connectivity index (χ1v) is 15.3. The fraction of sp³-hybridized carbons (Fsp3) is 0.355. The minimum Gasteiger partial charge on any atom is -0.497 e. The number of carbonyl (C=O) groups excluding carboxylic acids is 2. The van der Waals surface area contributed by atoms with Crippen LogP contribution in [0, 0.1) is 6.92 Å². The highest BCUT2D eigenvalue weighted by Crippen LogP contribution is 2.24. The maximum Gasteiger partial charge on any atom is 0.244 e. The molecule has 1 N–H and O–H groups in total. The summed E-state index contributed by atoms with van der Waals surface area (Å²) in [7, 11) is -2.25. The van der Waals surface area contributed by atoms with Crippen molar-refractivity contribution in [1.82, 2.24) is 10.2 Å². The summed E-state index contributed by atoms with van der Waals surface area (Å²) in [5.41, 5.74) is 2.79. The Morgan fingerprint density at radius 3 is 2.27 bits per heavy atom. The zero-order valence-corrected chi connectivity index (χ0v) is 24.5. The molecular formula is C31H39N3O5S. The van der Waals surface area contributed by atoms with Crippen molar-refractivity contribution >= 4 is 27.5 Å². The number of hydrogen-bond donors (Lipinski definition) is 1. The Morgan fingerprint density at radius 1 is 0.950 bits per heavy atom. The number of rotatable bonds is 14. The number of ether oxygens (including phenoxy) is 1. The molecule has 0 saturated heterocycles. The summed E-state index contributed by atoms with van der Waals surface area (Å²) in [6, 6.07) is 22.9. The number of methoxy groups -OCH3 is 1. The molecule has 3 aromatic carbocycles. The number of anilines is 1. The van der Waals surface area contributed by atoms with Gasteiger partial charge in [-0.2, -0.15) is 0 Å². The zero-order valence-electron chi connectivity index (χ0n) is 23.7. The number of aryl methyl sites for hydroxylation is 1. The van der Waals surface area contributed by atoms with E-state index in [4.69, 9.17) is 4.74 Å². The molecule has 0 aromatic heterocycles. The standard InChI is InChI=1S/C31H39N3O5S/c1-5-6-19-32-31(36)29(21-25-14-8-7-9-15-25)33(22-26-16-12-17-27(20-26)39-3)30(35)23-34(40(4,37)38)28-18-11-10-13-24(28)2/h7-18,20,29H,5-6,19,21-23H2,1-4H3,(H,32,36)/t29-/m1/s1. The lowest BCUT2D eigenvalue weighted by molar-refractivity contribution is -0.140. The van der Waals surface area contributed by atoms with E-state index >= 15 is 0 Å². The number of nitrogens with one attached hydrogen (secondary N) is 1. The van der Waals surface area contributed by atoms with Gasteiger partial charge in [0.1, 0.15) is 18.3 Å². The fourth-order valence-electron chi connectivity index (χ4n) is 4.47. The van der Waals surface area contributed by atoms with Crippen LogP contribution in [0.5, 0.6) is 5.75 Å². The number of para-hydroxylation sites is 1. The lowest BCUT2D eigenvalue weighted by atomic mass is 10.0. The Bertz CT molecular complexity index is 1380. The second kappa shape index (κ2) is 14.5. The van der Waals surface area contributed by atoms with E-state index in [9.17, 15) is 18.0 Å². The van der Waals surface area contributed by atoms with Crippen LogP contribution in [0.15, 0.2) is 78.9 Å². The minimum absolute atomic E-state index is 0.0973. The average Bonchev–Trinajstić information content (AvgIpc) is 2.94. The van der Waals surface area contributed by atoms with Crippen molar-refractivity contribution in [1.29, 1.82) is 0 Å². The van der Waals surface area contributed by atoms with Crippen molar-refractivity contribution in [2.24, 2.45) is 0 Å². The first kappa shape index (κ1) is 30.7. The zero-order chi connectivity index (χ0) is 29.1. The van der Waals surface area contributed by atoms with Crippen molar-refractivity contribution in [3.63, 3.8) is 0 Å². The van der Waals surface area contributed by atoms with Crippen LogP contribution >= 0.6 is 0 Å². The molecule has 8 nitrogen and oxygen atoms in total. The molecule has 214 valence electrons. The topological polar surface area (TPSA) is 96.0 Å². The van der Waals surface area contributed by atoms with E-state index < -0.39 is 28.5 Å². The van der Waals surface area contributed by atoms with Crippen molar-refractivity contribution in [3.05, 3.63) is 95.6 Å². The Labute approximate surface area is 238 Å². The van der Waals surface area contributed by atoms with Gasteiger partial charge >= 0.3 is 0 Å². The van der Waals surface area contributed by atoms with Gasteiger partial charge in [0.05, 0.1) is 19.1 Å². The Balaban J connectivity index is 2.05. The molecule has 1 atom stereocenters. The van der Waals surface area contributed by atoms with Gasteiger partial charge in [0.15, 0.2) is 0 Å². The second-order valence-corrected chi connectivity index (χ2v) is 11.7. The van der Waals surface area contributed by atoms with Gasteiger partial charge in [-0.15, -0.1) is 0 Å². The lowest BCUT2D eigenvalue weighted by Gasteiger charge is -2.34. The number of nitrogens with zero attached hydrogens (tertiary/aromatic N) is 2. The third-order valence-corrected chi connectivity index (χ3v) is 7.78. The third kappa shape index (κ3) is 8.58. The number of unbranched alkanes of at least 4 members (excludes halogenated alkanes) is 1. The van der Waals surface area contributed by atoms with Crippen LogP contribution in [0.25, 0.3) is 0 Å². The molecule has 0 saturated carbocycles. The predicted molar refractivity (Wildman–Crippen MR) is 159 cm³/mol. The fourth-order valence-corrected chi connectivity index (χ4v) is 5.37. The van der Waals surface area contributed by atoms with Gasteiger partial charge in [-0.05, 0) is 48.2 Å². The van der Waals surface area contributed by atoms with Crippen LogP contribution in [0.3, 0.4) is 0 Å². The summed E-state index contributed by atoms with van der Waals surface area (Å²) in [4.78, 5) is 29.2. The second-order valence-electron chi connectivity index (χ2n) is 9.78. The largest absolute Gasteiger partial charge is 0.497 e. The highest BCUT2D eigenvalue weighted by Gasteiger charge is 2.33. The molecule has 0 spiro atoms. The Morgan fingerprint density at radius 2 is 1.62 bits per heavy atom. The Hall–Kier alpha value is -3.85. The molecule has 0 radical (unpaired) electrons. The van der Waals surface area contributed by atoms with E-state index in [0.29, 0.717) is 18.0 Å². The molecule has 0 bridgehead atoms. The summed E-state index contributed by atoms with van der Waals surface area (Å²) in [5, 5.41) is 2.98. The molecule has 3 rings (SSSR count). The van der Waals surface area contributed by atoms with Crippen molar-refractivity contribution < 1.29 is 22.7 Å². The average molecular weight is 566 g/mol. The summed E-state index contributed by atoms with van der Waals surface area (Å²) < 4.78 is 32.3. The molecule has 0 heterocycles. The summed E-state index contributed by atoms with van der Waals surface area (Å²) >= 11 is 0. The molecule has 0 aliphatic rings. The van der Waals surface area contributed by atoms with E-state index in [0.717, 1.165) is 40.1 Å². The predicted octanol–water partition coefficient (Wildman–Crippen LogP) is 4.33. The molecular weight excluding hydrogens is 526 g/mol. The molecule has 0 aliphatic carbocycles. The molecule has 0 unspecified atom stereocenters. The molecule has 2 amide bonds. The van der Waals surface area contributed by atoms with Crippen LogP contribution in [0.1, 0.15) is 36.5 Å². The third-order valence-electron chi connectivity index (χ3n) is 6.65. The molecule has 40 heavy (non-hydrogen) atoms. The lowest BCUT2D eigenvalue weighted by Crippen LogP contribution is -2.53. The number of carbonyl (C=O) groups is 2.